The largest absolute Gasteiger partial charge is 0.382 e. The van der Waals surface area contributed by atoms with Crippen molar-refractivity contribution >= 4 is 11.7 Å². The molecule has 1 aliphatic rings. The Kier molecular flexibility index (Phi) is 7.51. The lowest BCUT2D eigenvalue weighted by Crippen LogP contribution is -2.42. The Labute approximate surface area is 224 Å². The van der Waals surface area contributed by atoms with Crippen molar-refractivity contribution in [2.75, 3.05) is 38.8 Å². The molecular weight excluding hydrogens is 476 g/mol. The Morgan fingerprint density at radius 2 is 1.84 bits per heavy atom. The summed E-state index contributed by atoms with van der Waals surface area (Å²) in [6.07, 6.45) is 2.83. The summed E-state index contributed by atoms with van der Waals surface area (Å²) >= 11 is 0. The topological polar surface area (TPSA) is 67.6 Å². The number of hydrogen-bond donors (Lipinski definition) is 1. The van der Waals surface area contributed by atoms with Gasteiger partial charge in [0.25, 0.3) is 0 Å². The second-order valence-corrected chi connectivity index (χ2v) is 9.74. The molecule has 2 aromatic carbocycles. The Hall–Kier alpha value is -4.04. The van der Waals surface area contributed by atoms with Gasteiger partial charge in [0.05, 0.1) is 29.7 Å². The highest BCUT2D eigenvalue weighted by atomic mass is 16.5. The molecule has 0 spiro atoms. The Balaban J connectivity index is 1.60. The van der Waals surface area contributed by atoms with Gasteiger partial charge in [0.15, 0.2) is 0 Å². The lowest BCUT2D eigenvalue weighted by Gasteiger charge is -2.31. The summed E-state index contributed by atoms with van der Waals surface area (Å²) in [6.45, 7) is 6.29. The predicted octanol–water partition coefficient (Wildman–Crippen LogP) is 5.08. The summed E-state index contributed by atoms with van der Waals surface area (Å²) in [4.78, 5) is 17.8. The van der Waals surface area contributed by atoms with E-state index in [1.807, 2.05) is 61.8 Å². The van der Waals surface area contributed by atoms with Crippen molar-refractivity contribution in [3.63, 3.8) is 0 Å². The smallest absolute Gasteiger partial charge is 0.318 e. The first-order valence-corrected chi connectivity index (χ1v) is 13.2. The quantitative estimate of drug-likeness (QED) is 0.335. The zero-order chi connectivity index (χ0) is 26.6. The number of nitrogens with zero attached hydrogens (tertiary/aromatic N) is 5. The van der Waals surface area contributed by atoms with Gasteiger partial charge < -0.3 is 24.4 Å². The predicted molar refractivity (Wildman–Crippen MR) is 150 cm³/mol. The number of amides is 2. The van der Waals surface area contributed by atoms with E-state index in [9.17, 15) is 4.79 Å². The molecule has 0 saturated heterocycles. The van der Waals surface area contributed by atoms with E-state index in [1.165, 1.54) is 0 Å². The molecule has 1 aliphatic heterocycles. The number of benzene rings is 2. The van der Waals surface area contributed by atoms with Crippen molar-refractivity contribution in [3.05, 3.63) is 95.4 Å². The summed E-state index contributed by atoms with van der Waals surface area (Å²) in [5, 5.41) is 8.06. The molecule has 5 rings (SSSR count). The molecule has 0 aliphatic carbocycles. The fourth-order valence-electron chi connectivity index (χ4n) is 5.07. The van der Waals surface area contributed by atoms with E-state index in [0.29, 0.717) is 26.3 Å². The summed E-state index contributed by atoms with van der Waals surface area (Å²) in [5.74, 6) is 0.968. The maximum atomic E-state index is 13.8. The zero-order valence-corrected chi connectivity index (χ0v) is 22.6. The number of aromatic nitrogens is 3. The molecule has 2 aromatic heterocycles. The highest BCUT2D eigenvalue weighted by Gasteiger charge is 2.35. The van der Waals surface area contributed by atoms with Crippen LogP contribution in [-0.4, -0.2) is 59.1 Å². The van der Waals surface area contributed by atoms with Crippen LogP contribution in [0.5, 0.6) is 0 Å². The molecule has 0 fully saturated rings. The van der Waals surface area contributed by atoms with Gasteiger partial charge in [-0.2, -0.15) is 5.10 Å². The lowest BCUT2D eigenvalue weighted by molar-refractivity contribution is 0.143. The summed E-state index contributed by atoms with van der Waals surface area (Å²) in [5.41, 5.74) is 6.11. The number of carbonyl (C=O) groups is 1. The molecule has 0 bridgehead atoms. The average molecular weight is 513 g/mol. The summed E-state index contributed by atoms with van der Waals surface area (Å²) in [6, 6.07) is 22.4. The number of hydrogen-bond acceptors (Lipinski definition) is 4. The monoisotopic (exact) mass is 512 g/mol. The number of rotatable bonds is 8. The van der Waals surface area contributed by atoms with E-state index >= 15 is 0 Å². The van der Waals surface area contributed by atoms with Crippen LogP contribution in [0.4, 0.5) is 10.5 Å². The molecule has 38 heavy (non-hydrogen) atoms. The van der Waals surface area contributed by atoms with Gasteiger partial charge >= 0.3 is 6.03 Å². The van der Waals surface area contributed by atoms with E-state index in [0.717, 1.165) is 46.1 Å². The minimum Gasteiger partial charge on any atom is -0.382 e. The summed E-state index contributed by atoms with van der Waals surface area (Å²) in [7, 11) is 4.06. The molecule has 198 valence electrons. The first-order chi connectivity index (χ1) is 18.5. The molecule has 2 amide bonds. The molecule has 8 nitrogen and oxygen atoms in total. The van der Waals surface area contributed by atoms with Gasteiger partial charge in [-0.15, -0.1) is 0 Å². The van der Waals surface area contributed by atoms with Crippen LogP contribution in [0.1, 0.15) is 41.9 Å². The van der Waals surface area contributed by atoms with Gasteiger partial charge in [-0.05, 0) is 62.2 Å². The molecule has 1 atom stereocenters. The van der Waals surface area contributed by atoms with Crippen LogP contribution in [0.3, 0.4) is 0 Å². The SMILES string of the molecule is CCOCCCNC(=O)N1Cc2c(C)nn(-c3ccccc3)c2-n2cccc2[C@@H]1c1ccc(N(C)C)cc1. The number of aryl methyl sites for hydroxylation is 1. The molecule has 3 heterocycles. The third-order valence-corrected chi connectivity index (χ3v) is 7.02. The second kappa shape index (κ2) is 11.1. The van der Waals surface area contributed by atoms with Crippen molar-refractivity contribution < 1.29 is 9.53 Å². The van der Waals surface area contributed by atoms with Crippen molar-refractivity contribution in [1.82, 2.24) is 24.6 Å². The number of para-hydroxylation sites is 1. The Morgan fingerprint density at radius 1 is 1.08 bits per heavy atom. The minimum atomic E-state index is -0.274. The molecule has 0 unspecified atom stereocenters. The van der Waals surface area contributed by atoms with E-state index in [1.54, 1.807) is 0 Å². The molecule has 8 heteroatoms. The van der Waals surface area contributed by atoms with Gasteiger partial charge in [-0.1, -0.05) is 30.3 Å². The highest BCUT2D eigenvalue weighted by molar-refractivity contribution is 5.76. The Morgan fingerprint density at radius 3 is 2.55 bits per heavy atom. The average Bonchev–Trinajstić information content (AvgIpc) is 3.49. The van der Waals surface area contributed by atoms with Gasteiger partial charge in [0, 0.05) is 51.3 Å². The van der Waals surface area contributed by atoms with Gasteiger partial charge in [0.2, 0.25) is 0 Å². The highest BCUT2D eigenvalue weighted by Crippen LogP contribution is 2.38. The van der Waals surface area contributed by atoms with Crippen molar-refractivity contribution in [2.45, 2.75) is 32.9 Å². The third kappa shape index (κ3) is 4.91. The number of carbonyl (C=O) groups excluding carboxylic acids is 1. The third-order valence-electron chi connectivity index (χ3n) is 7.02. The van der Waals surface area contributed by atoms with Crippen LogP contribution < -0.4 is 10.2 Å². The van der Waals surface area contributed by atoms with Gasteiger partial charge in [-0.3, -0.25) is 0 Å². The molecular formula is C30H36N6O2. The minimum absolute atomic E-state index is 0.101. The fourth-order valence-corrected chi connectivity index (χ4v) is 5.07. The van der Waals surface area contributed by atoms with Crippen LogP contribution in [0.15, 0.2) is 72.9 Å². The van der Waals surface area contributed by atoms with Crippen molar-refractivity contribution in [2.24, 2.45) is 0 Å². The molecule has 1 N–H and O–H groups in total. The van der Waals surface area contributed by atoms with Crippen LogP contribution in [0, 0.1) is 6.92 Å². The number of ether oxygens (including phenoxy) is 1. The maximum Gasteiger partial charge on any atom is 0.318 e. The van der Waals surface area contributed by atoms with E-state index < -0.39 is 0 Å². The van der Waals surface area contributed by atoms with E-state index in [4.69, 9.17) is 9.84 Å². The molecule has 0 radical (unpaired) electrons. The van der Waals surface area contributed by atoms with Crippen molar-refractivity contribution in [1.29, 1.82) is 0 Å². The molecule has 4 aromatic rings. The number of nitrogens with one attached hydrogen (secondary N) is 1. The first kappa shape index (κ1) is 25.6. The van der Waals surface area contributed by atoms with E-state index in [-0.39, 0.29) is 12.1 Å². The van der Waals surface area contributed by atoms with E-state index in [2.05, 4.69) is 63.4 Å². The fraction of sp³-hybridized carbons (Fsp3) is 0.333. The summed E-state index contributed by atoms with van der Waals surface area (Å²) < 4.78 is 9.64. The van der Waals surface area contributed by atoms with Gasteiger partial charge in [0.1, 0.15) is 5.82 Å². The number of fused-ring (bicyclic) bond motifs is 3. The first-order valence-electron chi connectivity index (χ1n) is 13.2. The van der Waals surface area contributed by atoms with Crippen LogP contribution in [0.25, 0.3) is 11.5 Å². The van der Waals surface area contributed by atoms with Crippen LogP contribution in [-0.2, 0) is 11.3 Å². The van der Waals surface area contributed by atoms with Crippen molar-refractivity contribution in [3.8, 4) is 11.5 Å². The zero-order valence-electron chi connectivity index (χ0n) is 22.6. The van der Waals surface area contributed by atoms with Crippen LogP contribution in [0.2, 0.25) is 0 Å². The van der Waals surface area contributed by atoms with Crippen LogP contribution >= 0.6 is 0 Å². The standard InChI is InChI=1S/C30H36N6O2/c1-5-38-20-10-18-31-30(37)35-21-26-22(2)32-36(25-11-7-6-8-12-25)29(26)34-19-9-13-27(34)28(35)23-14-16-24(17-15-23)33(3)4/h6-9,11-17,19,28H,5,10,18,20-21H2,1-4H3,(H,31,37)/t28-/m0/s1. The normalized spacial score (nSPS) is 14.5. The lowest BCUT2D eigenvalue weighted by atomic mass is 10.0. The number of urea groups is 1. The maximum absolute atomic E-state index is 13.8. The van der Waals surface area contributed by atoms with Gasteiger partial charge in [-0.25, -0.2) is 9.48 Å². The Bertz CT molecular complexity index is 1370. The second-order valence-electron chi connectivity index (χ2n) is 9.74. The number of anilines is 1. The molecule has 0 saturated carbocycles.